The maximum absolute atomic E-state index is 10.6. The number of aliphatic carboxylic acids is 1. The molecule has 0 spiro atoms. The van der Waals surface area contributed by atoms with Crippen molar-refractivity contribution in [1.82, 2.24) is 0 Å². The predicted molar refractivity (Wildman–Crippen MR) is 46.8 cm³/mol. The van der Waals surface area contributed by atoms with Crippen LogP contribution in [0, 0.1) is 0 Å². The third-order valence-electron chi connectivity index (χ3n) is 1.46. The molecule has 0 rings (SSSR count). The molecule has 0 atom stereocenters. The van der Waals surface area contributed by atoms with E-state index in [2.05, 4.69) is 0 Å². The first-order valence-corrected chi connectivity index (χ1v) is 5.15. The molecule has 0 bridgehead atoms. The molecule has 6 heteroatoms. The topological polar surface area (TPSA) is 91.7 Å². The van der Waals surface area contributed by atoms with E-state index < -0.39 is 21.0 Å². The first-order chi connectivity index (χ1) is 5.80. The van der Waals surface area contributed by atoms with Crippen LogP contribution in [0.4, 0.5) is 0 Å². The van der Waals surface area contributed by atoms with E-state index in [-0.39, 0.29) is 5.57 Å². The van der Waals surface area contributed by atoms with Crippen LogP contribution in [-0.4, -0.2) is 24.0 Å². The summed E-state index contributed by atoms with van der Waals surface area (Å²) in [5, 5.41) is 8.51. The van der Waals surface area contributed by atoms with Crippen molar-refractivity contribution in [3.63, 3.8) is 0 Å². The summed E-state index contributed by atoms with van der Waals surface area (Å²) in [7, 11) is -4.61. The summed E-state index contributed by atoms with van der Waals surface area (Å²) in [5.74, 6) is -1.62. The Balaban J connectivity index is 5.27. The molecule has 76 valence electrons. The largest absolute Gasteiger partial charge is 0.477 e. The number of allylic oxidation sites excluding steroid dienone is 1. The minimum absolute atomic E-state index is 0.164. The van der Waals surface area contributed by atoms with Gasteiger partial charge in [0.2, 0.25) is 0 Å². The van der Waals surface area contributed by atoms with Crippen molar-refractivity contribution in [1.29, 1.82) is 0 Å². The van der Waals surface area contributed by atoms with Crippen molar-refractivity contribution in [2.75, 3.05) is 0 Å². The van der Waals surface area contributed by atoms with Gasteiger partial charge in [-0.3, -0.25) is 4.55 Å². The van der Waals surface area contributed by atoms with Crippen LogP contribution in [-0.2, 0) is 14.9 Å². The monoisotopic (exact) mass is 208 g/mol. The summed E-state index contributed by atoms with van der Waals surface area (Å²) in [6.07, 6.45) is 0.958. The van der Waals surface area contributed by atoms with E-state index in [1.54, 1.807) is 6.92 Å². The number of hydrogen-bond acceptors (Lipinski definition) is 3. The Morgan fingerprint density at radius 1 is 1.38 bits per heavy atom. The molecular formula is C7H12O5S. The van der Waals surface area contributed by atoms with Crippen LogP contribution in [0.25, 0.3) is 0 Å². The summed E-state index contributed by atoms with van der Waals surface area (Å²) in [5.41, 5.74) is 0.164. The van der Waals surface area contributed by atoms with Gasteiger partial charge in [-0.1, -0.05) is 13.3 Å². The van der Waals surface area contributed by atoms with E-state index in [0.717, 1.165) is 0 Å². The van der Waals surface area contributed by atoms with Gasteiger partial charge in [-0.25, -0.2) is 4.79 Å². The number of carbonyl (C=O) groups is 1. The summed E-state index contributed by atoms with van der Waals surface area (Å²) < 4.78 is 29.8. The molecule has 0 amide bonds. The molecule has 0 aromatic rings. The molecule has 0 unspecified atom stereocenters. The van der Waals surface area contributed by atoms with Crippen LogP contribution in [0.15, 0.2) is 10.5 Å². The number of carboxylic acids is 1. The van der Waals surface area contributed by atoms with Gasteiger partial charge in [-0.05, 0) is 18.9 Å². The molecule has 0 aliphatic heterocycles. The van der Waals surface area contributed by atoms with E-state index >= 15 is 0 Å². The first-order valence-electron chi connectivity index (χ1n) is 3.71. The highest BCUT2D eigenvalue weighted by Crippen LogP contribution is 2.15. The van der Waals surface area contributed by atoms with Crippen molar-refractivity contribution in [3.05, 3.63) is 10.5 Å². The highest BCUT2D eigenvalue weighted by molar-refractivity contribution is 7.90. The maximum Gasteiger partial charge on any atom is 0.349 e. The molecule has 2 N–H and O–H groups in total. The molecular weight excluding hydrogens is 196 g/mol. The number of hydrogen-bond donors (Lipinski definition) is 2. The van der Waals surface area contributed by atoms with Gasteiger partial charge in [0.05, 0.1) is 0 Å². The summed E-state index contributed by atoms with van der Waals surface area (Å²) in [6, 6.07) is 0. The average Bonchev–Trinajstić information content (AvgIpc) is 1.82. The Hall–Kier alpha value is -0.880. The maximum atomic E-state index is 10.6. The predicted octanol–water partition coefficient (Wildman–Crippen LogP) is 1.03. The minimum atomic E-state index is -4.61. The Labute approximate surface area is 76.8 Å². The summed E-state index contributed by atoms with van der Waals surface area (Å²) >= 11 is 0. The SMILES string of the molecule is CCCC(C)=C(C(=O)O)S(=O)(=O)O. The Morgan fingerprint density at radius 2 is 1.85 bits per heavy atom. The van der Waals surface area contributed by atoms with Gasteiger partial charge in [0.15, 0.2) is 4.91 Å². The lowest BCUT2D eigenvalue weighted by Gasteiger charge is -2.03. The zero-order chi connectivity index (χ0) is 10.6. The van der Waals surface area contributed by atoms with Crippen LogP contribution in [0.5, 0.6) is 0 Å². The Kier molecular flexibility index (Phi) is 4.09. The highest BCUT2D eigenvalue weighted by atomic mass is 32.2. The third-order valence-corrected chi connectivity index (χ3v) is 2.50. The normalized spacial score (nSPS) is 13.8. The highest BCUT2D eigenvalue weighted by Gasteiger charge is 2.24. The fraction of sp³-hybridized carbons (Fsp3) is 0.571. The first kappa shape index (κ1) is 12.1. The third kappa shape index (κ3) is 3.56. The molecule has 0 heterocycles. The van der Waals surface area contributed by atoms with Crippen LogP contribution in [0.1, 0.15) is 26.7 Å². The van der Waals surface area contributed by atoms with E-state index in [0.29, 0.717) is 12.8 Å². The van der Waals surface area contributed by atoms with Crippen molar-refractivity contribution in [3.8, 4) is 0 Å². The van der Waals surface area contributed by atoms with E-state index in [1.165, 1.54) is 6.92 Å². The van der Waals surface area contributed by atoms with Crippen molar-refractivity contribution < 1.29 is 22.9 Å². The van der Waals surface area contributed by atoms with Gasteiger partial charge in [0.25, 0.3) is 0 Å². The standard InChI is InChI=1S/C7H12O5S/c1-3-4-5(2)6(7(8)9)13(10,11)12/h3-4H2,1-2H3,(H,8,9)(H,10,11,12). The van der Waals surface area contributed by atoms with E-state index in [9.17, 15) is 13.2 Å². The van der Waals surface area contributed by atoms with Gasteiger partial charge in [0.1, 0.15) is 0 Å². The molecule has 0 fully saturated rings. The molecule has 0 saturated heterocycles. The molecule has 0 aromatic carbocycles. The molecule has 0 aromatic heterocycles. The second kappa shape index (κ2) is 4.38. The van der Waals surface area contributed by atoms with Crippen LogP contribution >= 0.6 is 0 Å². The van der Waals surface area contributed by atoms with Gasteiger partial charge < -0.3 is 5.11 Å². The minimum Gasteiger partial charge on any atom is -0.477 e. The van der Waals surface area contributed by atoms with Gasteiger partial charge in [0, 0.05) is 0 Å². The van der Waals surface area contributed by atoms with Gasteiger partial charge in [-0.15, -0.1) is 0 Å². The molecule has 13 heavy (non-hydrogen) atoms. The zero-order valence-corrected chi connectivity index (χ0v) is 8.26. The number of rotatable bonds is 4. The van der Waals surface area contributed by atoms with Crippen LogP contribution < -0.4 is 0 Å². The number of carboxylic acid groups (broad SMARTS) is 1. The summed E-state index contributed by atoms with van der Waals surface area (Å²) in [4.78, 5) is 9.56. The molecule has 0 aliphatic carbocycles. The van der Waals surface area contributed by atoms with Crippen LogP contribution in [0.2, 0.25) is 0 Å². The molecule has 5 nitrogen and oxygen atoms in total. The lowest BCUT2D eigenvalue weighted by molar-refractivity contribution is -0.131. The fourth-order valence-electron chi connectivity index (χ4n) is 1.00. The quantitative estimate of drug-likeness (QED) is 0.532. The van der Waals surface area contributed by atoms with E-state index in [1.807, 2.05) is 0 Å². The van der Waals surface area contributed by atoms with Gasteiger partial charge in [-0.2, -0.15) is 8.42 Å². The second-order valence-electron chi connectivity index (χ2n) is 2.64. The second-order valence-corrected chi connectivity index (χ2v) is 4.00. The molecule has 0 radical (unpaired) electrons. The van der Waals surface area contributed by atoms with Crippen molar-refractivity contribution >= 4 is 16.1 Å². The lowest BCUT2D eigenvalue weighted by atomic mass is 10.2. The smallest absolute Gasteiger partial charge is 0.349 e. The van der Waals surface area contributed by atoms with Crippen molar-refractivity contribution in [2.45, 2.75) is 26.7 Å². The van der Waals surface area contributed by atoms with Crippen LogP contribution in [0.3, 0.4) is 0 Å². The van der Waals surface area contributed by atoms with Gasteiger partial charge >= 0.3 is 16.1 Å². The van der Waals surface area contributed by atoms with Crippen molar-refractivity contribution in [2.24, 2.45) is 0 Å². The van der Waals surface area contributed by atoms with E-state index in [4.69, 9.17) is 9.66 Å². The summed E-state index contributed by atoms with van der Waals surface area (Å²) in [6.45, 7) is 3.16. The lowest BCUT2D eigenvalue weighted by Crippen LogP contribution is -2.14. The molecule has 0 aliphatic rings. The molecule has 0 saturated carbocycles. The fourth-order valence-corrected chi connectivity index (χ4v) is 1.76. The zero-order valence-electron chi connectivity index (χ0n) is 7.44. The Morgan fingerprint density at radius 3 is 2.08 bits per heavy atom. The average molecular weight is 208 g/mol. The Bertz CT molecular complexity index is 325.